The van der Waals surface area contributed by atoms with Gasteiger partial charge in [0.25, 0.3) is 0 Å². The second-order valence-corrected chi connectivity index (χ2v) is 11.4. The van der Waals surface area contributed by atoms with E-state index < -0.39 is 0 Å². The van der Waals surface area contributed by atoms with Crippen molar-refractivity contribution in [3.8, 4) is 0 Å². The molecule has 0 N–H and O–H groups in total. The lowest BCUT2D eigenvalue weighted by Gasteiger charge is -2.13. The maximum absolute atomic E-state index is 11.5. The third-order valence-electron chi connectivity index (χ3n) is 6.28. The highest BCUT2D eigenvalue weighted by molar-refractivity contribution is 5.93. The Morgan fingerprint density at radius 1 is 0.689 bits per heavy atom. The van der Waals surface area contributed by atoms with Gasteiger partial charge in [-0.25, -0.2) is 4.98 Å². The molecule has 12 heteroatoms. The van der Waals surface area contributed by atoms with E-state index in [0.29, 0.717) is 12.1 Å². The molecule has 0 fully saturated rings. The van der Waals surface area contributed by atoms with E-state index in [-0.39, 0.29) is 11.7 Å². The molecule has 0 amide bonds. The van der Waals surface area contributed by atoms with Crippen LogP contribution in [0.2, 0.25) is 0 Å². The van der Waals surface area contributed by atoms with Gasteiger partial charge in [0.15, 0.2) is 5.78 Å². The Morgan fingerprint density at radius 2 is 1.18 bits per heavy atom. The van der Waals surface area contributed by atoms with Crippen LogP contribution in [0.4, 0.5) is 0 Å². The molecule has 0 aliphatic rings. The SMILES string of the molecule is CO/C=C(\CCN(C)C)c1cnc(C)cn1.Cc1cnc(C(=O)CCN(C)C)cn1.Cc1cnc(C(C=O)CCN(C)C)cn1. The minimum atomic E-state index is -0.138. The highest BCUT2D eigenvalue weighted by Gasteiger charge is 2.12. The van der Waals surface area contributed by atoms with E-state index in [0.717, 1.165) is 72.8 Å². The number of aryl methyl sites for hydroxylation is 3. The molecule has 0 saturated heterocycles. The van der Waals surface area contributed by atoms with Crippen LogP contribution < -0.4 is 0 Å². The molecule has 1 unspecified atom stereocenters. The van der Waals surface area contributed by atoms with Gasteiger partial charge in [0, 0.05) is 49.9 Å². The summed E-state index contributed by atoms with van der Waals surface area (Å²) in [4.78, 5) is 53.6. The van der Waals surface area contributed by atoms with Crippen molar-refractivity contribution in [2.75, 3.05) is 69.0 Å². The molecule has 0 radical (unpaired) electrons. The van der Waals surface area contributed by atoms with Gasteiger partial charge in [0.05, 0.1) is 60.2 Å². The number of hydrogen-bond donors (Lipinski definition) is 0. The summed E-state index contributed by atoms with van der Waals surface area (Å²) in [5, 5.41) is 0. The molecule has 0 aliphatic heterocycles. The predicted molar refractivity (Wildman–Crippen MR) is 178 cm³/mol. The van der Waals surface area contributed by atoms with Crippen LogP contribution in [0.15, 0.2) is 43.4 Å². The van der Waals surface area contributed by atoms with Gasteiger partial charge in [-0.1, -0.05) is 0 Å². The monoisotopic (exact) mass is 621 g/mol. The summed E-state index contributed by atoms with van der Waals surface area (Å²) >= 11 is 0. The summed E-state index contributed by atoms with van der Waals surface area (Å²) in [6, 6.07) is 0. The molecule has 3 heterocycles. The van der Waals surface area contributed by atoms with Crippen molar-refractivity contribution >= 4 is 17.6 Å². The Kier molecular flexibility index (Phi) is 18.8. The maximum atomic E-state index is 11.5. The third kappa shape index (κ3) is 17.2. The molecule has 0 saturated carbocycles. The van der Waals surface area contributed by atoms with Gasteiger partial charge in [-0.2, -0.15) is 0 Å². The van der Waals surface area contributed by atoms with Gasteiger partial charge in [-0.05, 0) is 82.4 Å². The first-order chi connectivity index (χ1) is 21.4. The van der Waals surface area contributed by atoms with E-state index in [4.69, 9.17) is 4.74 Å². The number of hydrogen-bond acceptors (Lipinski definition) is 12. The third-order valence-corrected chi connectivity index (χ3v) is 6.28. The maximum Gasteiger partial charge on any atom is 0.184 e. The Hall–Kier alpha value is -4.00. The normalized spacial score (nSPS) is 11.8. The van der Waals surface area contributed by atoms with Crippen molar-refractivity contribution in [1.82, 2.24) is 44.6 Å². The Labute approximate surface area is 269 Å². The topological polar surface area (TPSA) is 130 Å². The van der Waals surface area contributed by atoms with Crippen LogP contribution in [0.1, 0.15) is 64.1 Å². The highest BCUT2D eigenvalue weighted by Crippen LogP contribution is 2.16. The second kappa shape index (κ2) is 21.7. The molecule has 1 atom stereocenters. The van der Waals surface area contributed by atoms with Crippen LogP contribution in [0.5, 0.6) is 0 Å². The van der Waals surface area contributed by atoms with E-state index in [9.17, 15) is 9.59 Å². The molecule has 45 heavy (non-hydrogen) atoms. The van der Waals surface area contributed by atoms with Crippen molar-refractivity contribution in [1.29, 1.82) is 0 Å². The summed E-state index contributed by atoms with van der Waals surface area (Å²) in [6.07, 6.45) is 15.0. The summed E-state index contributed by atoms with van der Waals surface area (Å²) in [6.45, 7) is 8.24. The van der Waals surface area contributed by atoms with Crippen LogP contribution in [-0.4, -0.2) is 126 Å². The number of rotatable bonds is 14. The second-order valence-electron chi connectivity index (χ2n) is 11.4. The van der Waals surface area contributed by atoms with Crippen molar-refractivity contribution < 1.29 is 14.3 Å². The van der Waals surface area contributed by atoms with Crippen LogP contribution >= 0.6 is 0 Å². The van der Waals surface area contributed by atoms with E-state index in [1.807, 2.05) is 68.0 Å². The first-order valence-electron chi connectivity index (χ1n) is 14.9. The number of ether oxygens (including phenoxy) is 1. The molecule has 3 rings (SSSR count). The first kappa shape index (κ1) is 39.0. The summed E-state index contributed by atoms with van der Waals surface area (Å²) in [7, 11) is 13.6. The number of ketones is 1. The molecule has 246 valence electrons. The number of methoxy groups -OCH3 is 1. The number of carbonyl (C=O) groups excluding carboxylic acids is 2. The quantitative estimate of drug-likeness (QED) is 0.148. The molecule has 3 aromatic heterocycles. The molecule has 0 spiro atoms. The molecule has 12 nitrogen and oxygen atoms in total. The highest BCUT2D eigenvalue weighted by atomic mass is 16.5. The van der Waals surface area contributed by atoms with E-state index in [1.165, 1.54) is 6.20 Å². The van der Waals surface area contributed by atoms with Gasteiger partial charge in [0.2, 0.25) is 0 Å². The minimum Gasteiger partial charge on any atom is -0.504 e. The predicted octanol–water partition coefficient (Wildman–Crippen LogP) is 3.66. The van der Waals surface area contributed by atoms with Crippen LogP contribution in [0.3, 0.4) is 0 Å². The lowest BCUT2D eigenvalue weighted by atomic mass is 10.0. The number of Topliss-reactive ketones (excluding diaryl/α,β-unsaturated/α-hetero) is 1. The molecular weight excluding hydrogens is 570 g/mol. The lowest BCUT2D eigenvalue weighted by molar-refractivity contribution is -0.109. The Morgan fingerprint density at radius 3 is 1.60 bits per heavy atom. The molecular formula is C33H51N9O3. The van der Waals surface area contributed by atoms with Crippen LogP contribution in [-0.2, 0) is 9.53 Å². The summed E-state index contributed by atoms with van der Waals surface area (Å²) in [5.41, 5.74) is 5.80. The molecule has 3 aromatic rings. The van der Waals surface area contributed by atoms with Gasteiger partial charge >= 0.3 is 0 Å². The largest absolute Gasteiger partial charge is 0.504 e. The summed E-state index contributed by atoms with van der Waals surface area (Å²) < 4.78 is 5.07. The van der Waals surface area contributed by atoms with E-state index in [1.54, 1.807) is 44.4 Å². The fraction of sp³-hybridized carbons (Fsp3) is 0.515. The molecule has 0 bridgehead atoms. The van der Waals surface area contributed by atoms with Crippen molar-refractivity contribution in [3.63, 3.8) is 0 Å². The standard InChI is InChI=1S/C12H19N3O.C11H17N3O.C10H15N3O/c1-10-7-14-12(8-13-10)11(9-16-4)5-6-15(2)3;1-9-6-13-11(7-12-9)10(8-15)4-5-14(2)3;1-8-6-12-9(7-11-8)10(14)4-5-13(2)3/h7-9H,5-6H2,1-4H3;6-8,10H,4-5H2,1-3H3;6-7H,4-5H2,1-3H3/b11-9+;;. The lowest BCUT2D eigenvalue weighted by Crippen LogP contribution is -2.17. The average Bonchev–Trinajstić information content (AvgIpc) is 3.00. The van der Waals surface area contributed by atoms with Gasteiger partial charge in [-0.3, -0.25) is 29.7 Å². The van der Waals surface area contributed by atoms with E-state index in [2.05, 4.69) is 39.7 Å². The zero-order chi connectivity index (χ0) is 33.8. The average molecular weight is 622 g/mol. The fourth-order valence-corrected chi connectivity index (χ4v) is 3.56. The minimum absolute atomic E-state index is 0.0474. The van der Waals surface area contributed by atoms with Crippen molar-refractivity contribution in [3.05, 3.63) is 77.6 Å². The fourth-order valence-electron chi connectivity index (χ4n) is 3.56. The van der Waals surface area contributed by atoms with Gasteiger partial charge in [0.1, 0.15) is 12.0 Å². The van der Waals surface area contributed by atoms with Gasteiger partial charge in [-0.15, -0.1) is 0 Å². The number of nitrogens with zero attached hydrogens (tertiary/aromatic N) is 9. The van der Waals surface area contributed by atoms with Crippen molar-refractivity contribution in [2.45, 2.75) is 46.0 Å². The van der Waals surface area contributed by atoms with Gasteiger partial charge < -0.3 is 24.2 Å². The molecule has 0 aliphatic carbocycles. The Bertz CT molecular complexity index is 1280. The van der Waals surface area contributed by atoms with E-state index >= 15 is 0 Å². The van der Waals surface area contributed by atoms with Crippen LogP contribution in [0.25, 0.3) is 5.57 Å². The first-order valence-corrected chi connectivity index (χ1v) is 14.9. The smallest absolute Gasteiger partial charge is 0.184 e. The zero-order valence-corrected chi connectivity index (χ0v) is 28.7. The van der Waals surface area contributed by atoms with Crippen molar-refractivity contribution in [2.24, 2.45) is 0 Å². The number of carbonyl (C=O) groups is 2. The van der Waals surface area contributed by atoms with Crippen LogP contribution in [0, 0.1) is 20.8 Å². The number of aromatic nitrogens is 6. The summed E-state index contributed by atoms with van der Waals surface area (Å²) in [5.74, 6) is -0.0910. The number of aldehydes is 1. The molecule has 0 aromatic carbocycles. The Balaban J connectivity index is 0.000000338. The zero-order valence-electron chi connectivity index (χ0n) is 28.7.